The Bertz CT molecular complexity index is 434. The maximum Gasteiger partial charge on any atom is 0.243 e. The Balaban J connectivity index is 1.70. The van der Waals surface area contributed by atoms with Gasteiger partial charge in [-0.25, -0.2) is 4.98 Å². The van der Waals surface area contributed by atoms with Crippen molar-refractivity contribution in [3.63, 3.8) is 0 Å². The number of piperidine rings is 1. The maximum atomic E-state index is 4.60. The van der Waals surface area contributed by atoms with Crippen molar-refractivity contribution in [2.45, 2.75) is 37.6 Å². The zero-order valence-electron chi connectivity index (χ0n) is 10.6. The number of likely N-dealkylation sites (tertiary alicyclic amines) is 1. The largest absolute Gasteiger partial charge is 0.349 e. The van der Waals surface area contributed by atoms with Crippen molar-refractivity contribution in [1.29, 1.82) is 0 Å². The summed E-state index contributed by atoms with van der Waals surface area (Å²) in [5.41, 5.74) is 1.07. The highest BCUT2D eigenvalue weighted by Crippen LogP contribution is 2.41. The van der Waals surface area contributed by atoms with E-state index in [0.717, 1.165) is 16.8 Å². The van der Waals surface area contributed by atoms with Crippen molar-refractivity contribution in [3.05, 3.63) is 10.3 Å². The molecule has 1 aromatic heterocycles. The van der Waals surface area contributed by atoms with E-state index in [1.165, 1.54) is 32.2 Å². The van der Waals surface area contributed by atoms with Crippen LogP contribution in [0.4, 0.5) is 5.95 Å². The quantitative estimate of drug-likeness (QED) is 0.925. The first-order valence-corrected chi connectivity index (χ1v) is 7.37. The van der Waals surface area contributed by atoms with Gasteiger partial charge >= 0.3 is 0 Å². The number of hydrogen-bond donors (Lipinski definition) is 1. The summed E-state index contributed by atoms with van der Waals surface area (Å²) in [4.78, 5) is 6.95. The van der Waals surface area contributed by atoms with E-state index < -0.39 is 0 Å². The molecule has 1 atom stereocenters. The van der Waals surface area contributed by atoms with E-state index in [2.05, 4.69) is 48.4 Å². The van der Waals surface area contributed by atoms with Gasteiger partial charge in [-0.15, -0.1) is 10.2 Å². The van der Waals surface area contributed by atoms with Gasteiger partial charge in [0.1, 0.15) is 0 Å². The van der Waals surface area contributed by atoms with E-state index in [9.17, 15) is 0 Å². The molecule has 2 aliphatic rings. The van der Waals surface area contributed by atoms with Crippen molar-refractivity contribution in [2.24, 2.45) is 0 Å². The fraction of sp³-hybridized carbons (Fsp3) is 0.750. The smallest absolute Gasteiger partial charge is 0.243 e. The minimum absolute atomic E-state index is 0.443. The van der Waals surface area contributed by atoms with Gasteiger partial charge in [-0.2, -0.15) is 0 Å². The van der Waals surface area contributed by atoms with Crippen LogP contribution >= 0.6 is 15.9 Å². The van der Waals surface area contributed by atoms with Gasteiger partial charge < -0.3 is 10.2 Å². The zero-order chi connectivity index (χ0) is 12.5. The minimum Gasteiger partial charge on any atom is -0.349 e. The van der Waals surface area contributed by atoms with E-state index >= 15 is 0 Å². The zero-order valence-corrected chi connectivity index (χ0v) is 12.2. The second-order valence-corrected chi connectivity index (χ2v) is 6.08. The van der Waals surface area contributed by atoms with Gasteiger partial charge in [-0.05, 0) is 55.2 Å². The predicted octanol–water partition coefficient (Wildman–Crippen LogP) is 2.02. The SMILES string of the molecule is CN1CCCC(Nc2nnc(Br)c(C3CC3)n2)C1. The second-order valence-electron chi connectivity index (χ2n) is 5.33. The van der Waals surface area contributed by atoms with E-state index in [0.29, 0.717) is 17.9 Å². The molecular weight excluding hydrogens is 294 g/mol. The van der Waals surface area contributed by atoms with Crippen LogP contribution in [0.3, 0.4) is 0 Å². The summed E-state index contributed by atoms with van der Waals surface area (Å²) in [7, 11) is 2.16. The molecule has 0 radical (unpaired) electrons. The Kier molecular flexibility index (Phi) is 3.48. The van der Waals surface area contributed by atoms with Gasteiger partial charge in [-0.1, -0.05) is 0 Å². The molecule has 6 heteroatoms. The normalized spacial score (nSPS) is 25.1. The number of nitrogens with one attached hydrogen (secondary N) is 1. The third-order valence-electron chi connectivity index (χ3n) is 3.59. The molecule has 0 amide bonds. The number of rotatable bonds is 3. The third kappa shape index (κ3) is 2.80. The second kappa shape index (κ2) is 5.09. The molecule has 1 aromatic rings. The van der Waals surface area contributed by atoms with E-state index in [4.69, 9.17) is 0 Å². The summed E-state index contributed by atoms with van der Waals surface area (Å²) in [6, 6.07) is 0.443. The molecule has 98 valence electrons. The van der Waals surface area contributed by atoms with Crippen molar-refractivity contribution in [1.82, 2.24) is 20.1 Å². The highest BCUT2D eigenvalue weighted by atomic mass is 79.9. The molecule has 0 aromatic carbocycles. The number of likely N-dealkylation sites (N-methyl/N-ethyl adjacent to an activating group) is 1. The van der Waals surface area contributed by atoms with E-state index in [1.807, 2.05) is 0 Å². The van der Waals surface area contributed by atoms with Crippen molar-refractivity contribution >= 4 is 21.9 Å². The molecule has 0 bridgehead atoms. The summed E-state index contributed by atoms with van der Waals surface area (Å²) in [6.45, 7) is 2.24. The Morgan fingerprint density at radius 3 is 2.83 bits per heavy atom. The molecule has 3 rings (SSSR count). The number of hydrogen-bond acceptors (Lipinski definition) is 5. The van der Waals surface area contributed by atoms with Crippen molar-refractivity contribution in [3.8, 4) is 0 Å². The molecule has 1 N–H and O–H groups in total. The number of anilines is 1. The monoisotopic (exact) mass is 311 g/mol. The van der Waals surface area contributed by atoms with Crippen LogP contribution in [0.25, 0.3) is 0 Å². The summed E-state index contributed by atoms with van der Waals surface area (Å²) in [5, 5.41) is 11.7. The van der Waals surface area contributed by atoms with Crippen LogP contribution in [0.15, 0.2) is 4.60 Å². The summed E-state index contributed by atoms with van der Waals surface area (Å²) in [6.07, 6.45) is 4.86. The molecule has 5 nitrogen and oxygen atoms in total. The minimum atomic E-state index is 0.443. The Morgan fingerprint density at radius 2 is 2.11 bits per heavy atom. The first-order chi connectivity index (χ1) is 8.72. The van der Waals surface area contributed by atoms with Gasteiger partial charge in [0.2, 0.25) is 5.95 Å². The predicted molar refractivity (Wildman–Crippen MR) is 73.6 cm³/mol. The number of aromatic nitrogens is 3. The average Bonchev–Trinajstić information content (AvgIpc) is 3.16. The van der Waals surface area contributed by atoms with Gasteiger partial charge in [0, 0.05) is 18.5 Å². The highest BCUT2D eigenvalue weighted by molar-refractivity contribution is 9.10. The lowest BCUT2D eigenvalue weighted by atomic mass is 10.1. The van der Waals surface area contributed by atoms with Crippen LogP contribution in [-0.4, -0.2) is 46.3 Å². The van der Waals surface area contributed by atoms with E-state index in [1.54, 1.807) is 0 Å². The third-order valence-corrected chi connectivity index (χ3v) is 4.16. The van der Waals surface area contributed by atoms with Crippen LogP contribution in [0.1, 0.15) is 37.3 Å². The molecule has 1 unspecified atom stereocenters. The highest BCUT2D eigenvalue weighted by Gasteiger charge is 2.29. The summed E-state index contributed by atoms with van der Waals surface area (Å²) >= 11 is 3.43. The van der Waals surface area contributed by atoms with Gasteiger partial charge in [0.05, 0.1) is 5.69 Å². The van der Waals surface area contributed by atoms with Crippen LogP contribution in [0.2, 0.25) is 0 Å². The molecule has 1 saturated carbocycles. The maximum absolute atomic E-state index is 4.60. The van der Waals surface area contributed by atoms with E-state index in [-0.39, 0.29) is 0 Å². The first-order valence-electron chi connectivity index (χ1n) is 6.57. The average molecular weight is 312 g/mol. The molecule has 1 aliphatic heterocycles. The molecular formula is C12H18BrN5. The molecule has 0 spiro atoms. The lowest BCUT2D eigenvalue weighted by Crippen LogP contribution is -2.40. The molecule has 18 heavy (non-hydrogen) atoms. The van der Waals surface area contributed by atoms with Gasteiger partial charge in [0.15, 0.2) is 4.60 Å². The first kappa shape index (κ1) is 12.3. The number of halogens is 1. The standard InChI is InChI=1S/C12H18BrN5/c1-18-6-2-3-9(7-18)14-12-15-10(8-4-5-8)11(13)16-17-12/h8-9H,2-7H2,1H3,(H,14,15,17). The summed E-state index contributed by atoms with van der Waals surface area (Å²) in [5.74, 6) is 1.27. The van der Waals surface area contributed by atoms with Crippen LogP contribution in [0.5, 0.6) is 0 Å². The van der Waals surface area contributed by atoms with Crippen LogP contribution in [-0.2, 0) is 0 Å². The van der Waals surface area contributed by atoms with Crippen LogP contribution in [0, 0.1) is 0 Å². The molecule has 2 heterocycles. The lowest BCUT2D eigenvalue weighted by Gasteiger charge is -2.30. The molecule has 1 saturated heterocycles. The number of nitrogens with zero attached hydrogens (tertiary/aromatic N) is 4. The van der Waals surface area contributed by atoms with Crippen molar-refractivity contribution < 1.29 is 0 Å². The Hall–Kier alpha value is -0.750. The van der Waals surface area contributed by atoms with Crippen molar-refractivity contribution in [2.75, 3.05) is 25.5 Å². The molecule has 1 aliphatic carbocycles. The lowest BCUT2D eigenvalue weighted by molar-refractivity contribution is 0.260. The summed E-state index contributed by atoms with van der Waals surface area (Å²) < 4.78 is 0.802. The fourth-order valence-electron chi connectivity index (χ4n) is 2.47. The van der Waals surface area contributed by atoms with Crippen LogP contribution < -0.4 is 5.32 Å². The Labute approximate surface area is 116 Å². The fourth-order valence-corrected chi connectivity index (χ4v) is 2.96. The Morgan fingerprint density at radius 1 is 1.28 bits per heavy atom. The van der Waals surface area contributed by atoms with Gasteiger partial charge in [0.25, 0.3) is 0 Å². The molecule has 2 fully saturated rings. The topological polar surface area (TPSA) is 53.9 Å². The van der Waals surface area contributed by atoms with Gasteiger partial charge in [-0.3, -0.25) is 0 Å².